The molecule has 1 unspecified atom stereocenters. The largest absolute Gasteiger partial charge is 0.399 e. The third kappa shape index (κ3) is 3.61. The van der Waals surface area contributed by atoms with Crippen LogP contribution in [0.3, 0.4) is 0 Å². The number of hydrogen-bond acceptors (Lipinski definition) is 5. The summed E-state index contributed by atoms with van der Waals surface area (Å²) in [6, 6.07) is 4.59. The van der Waals surface area contributed by atoms with Crippen molar-refractivity contribution >= 4 is 27.0 Å². The fraction of sp³-hybridized carbons (Fsp3) is 0.357. The highest BCUT2D eigenvalue weighted by Gasteiger charge is 2.22. The summed E-state index contributed by atoms with van der Waals surface area (Å²) in [7, 11) is -3.63. The standard InChI is InChI=1S/C14H19N3O2S2/c1-4-11-5-6-12(15)7-13(11)21(18,19)17-10(3)14-16-9(2)8-20-14/h5-8,10,17H,4,15H2,1-3H3. The van der Waals surface area contributed by atoms with E-state index in [2.05, 4.69) is 9.71 Å². The predicted molar refractivity (Wildman–Crippen MR) is 85.8 cm³/mol. The molecule has 21 heavy (non-hydrogen) atoms. The Balaban J connectivity index is 2.32. The number of nitrogens with one attached hydrogen (secondary N) is 1. The van der Waals surface area contributed by atoms with Gasteiger partial charge in [-0.25, -0.2) is 18.1 Å². The Morgan fingerprint density at radius 2 is 2.14 bits per heavy atom. The molecule has 1 aromatic heterocycles. The molecule has 0 bridgehead atoms. The molecule has 3 N–H and O–H groups in total. The van der Waals surface area contributed by atoms with Gasteiger partial charge in [-0.2, -0.15) is 0 Å². The van der Waals surface area contributed by atoms with Crippen LogP contribution in [0.2, 0.25) is 0 Å². The van der Waals surface area contributed by atoms with E-state index >= 15 is 0 Å². The summed E-state index contributed by atoms with van der Waals surface area (Å²) < 4.78 is 27.8. The Morgan fingerprint density at radius 1 is 1.43 bits per heavy atom. The summed E-state index contributed by atoms with van der Waals surface area (Å²) in [5, 5.41) is 2.65. The zero-order valence-electron chi connectivity index (χ0n) is 12.3. The number of nitrogens with zero attached hydrogens (tertiary/aromatic N) is 1. The number of nitrogen functional groups attached to an aromatic ring is 1. The zero-order chi connectivity index (χ0) is 15.6. The summed E-state index contributed by atoms with van der Waals surface area (Å²) in [4.78, 5) is 4.56. The van der Waals surface area contributed by atoms with Gasteiger partial charge in [0, 0.05) is 16.8 Å². The van der Waals surface area contributed by atoms with Crippen LogP contribution in [0.15, 0.2) is 28.5 Å². The van der Waals surface area contributed by atoms with Gasteiger partial charge in [0.1, 0.15) is 5.01 Å². The maximum atomic E-state index is 12.6. The average Bonchev–Trinajstić information content (AvgIpc) is 2.85. The van der Waals surface area contributed by atoms with E-state index in [0.717, 1.165) is 16.3 Å². The second kappa shape index (κ2) is 6.13. The van der Waals surface area contributed by atoms with E-state index in [1.807, 2.05) is 19.2 Å². The van der Waals surface area contributed by atoms with Crippen molar-refractivity contribution in [1.82, 2.24) is 9.71 Å². The smallest absolute Gasteiger partial charge is 0.241 e. The zero-order valence-corrected chi connectivity index (χ0v) is 13.9. The molecule has 0 spiro atoms. The fourth-order valence-electron chi connectivity index (χ4n) is 2.03. The van der Waals surface area contributed by atoms with Crippen LogP contribution in [-0.2, 0) is 16.4 Å². The first-order valence-corrected chi connectivity index (χ1v) is 9.02. The Bertz CT molecular complexity index is 738. The second-order valence-electron chi connectivity index (χ2n) is 4.89. The van der Waals surface area contributed by atoms with Crippen LogP contribution >= 0.6 is 11.3 Å². The molecule has 0 radical (unpaired) electrons. The topological polar surface area (TPSA) is 85.1 Å². The third-order valence-electron chi connectivity index (χ3n) is 3.10. The number of benzene rings is 1. The van der Waals surface area contributed by atoms with Crippen LogP contribution in [0.25, 0.3) is 0 Å². The van der Waals surface area contributed by atoms with Gasteiger partial charge in [0.2, 0.25) is 10.0 Å². The maximum Gasteiger partial charge on any atom is 0.241 e. The van der Waals surface area contributed by atoms with Gasteiger partial charge in [0.15, 0.2) is 0 Å². The van der Waals surface area contributed by atoms with Crippen molar-refractivity contribution < 1.29 is 8.42 Å². The number of rotatable bonds is 5. The fourth-order valence-corrected chi connectivity index (χ4v) is 4.46. The predicted octanol–water partition coefficient (Wildman–Crippen LogP) is 2.64. The lowest BCUT2D eigenvalue weighted by Crippen LogP contribution is -2.27. The quantitative estimate of drug-likeness (QED) is 0.828. The number of aryl methyl sites for hydroxylation is 2. The minimum atomic E-state index is -3.63. The van der Waals surface area contributed by atoms with Crippen molar-refractivity contribution in [1.29, 1.82) is 0 Å². The molecule has 0 saturated carbocycles. The van der Waals surface area contributed by atoms with Crippen LogP contribution in [0.5, 0.6) is 0 Å². The van der Waals surface area contributed by atoms with Gasteiger partial charge in [-0.05, 0) is 38.0 Å². The Kier molecular flexibility index (Phi) is 4.65. The van der Waals surface area contributed by atoms with E-state index in [4.69, 9.17) is 5.73 Å². The molecule has 0 saturated heterocycles. The highest BCUT2D eigenvalue weighted by Crippen LogP contribution is 2.23. The van der Waals surface area contributed by atoms with Crippen LogP contribution in [0.4, 0.5) is 5.69 Å². The molecular weight excluding hydrogens is 306 g/mol. The maximum absolute atomic E-state index is 12.6. The molecule has 0 amide bonds. The number of sulfonamides is 1. The molecule has 0 aliphatic rings. The number of hydrogen-bond donors (Lipinski definition) is 2. The van der Waals surface area contributed by atoms with E-state index in [-0.39, 0.29) is 10.9 Å². The first-order chi connectivity index (χ1) is 9.83. The third-order valence-corrected chi connectivity index (χ3v) is 5.87. The van der Waals surface area contributed by atoms with Crippen LogP contribution in [0.1, 0.15) is 36.2 Å². The molecule has 1 aromatic carbocycles. The SMILES string of the molecule is CCc1ccc(N)cc1S(=O)(=O)NC(C)c1nc(C)cs1. The van der Waals surface area contributed by atoms with E-state index in [1.54, 1.807) is 19.1 Å². The first kappa shape index (κ1) is 15.9. The molecule has 0 aliphatic heterocycles. The average molecular weight is 325 g/mol. The van der Waals surface area contributed by atoms with Gasteiger partial charge in [-0.15, -0.1) is 11.3 Å². The van der Waals surface area contributed by atoms with Crippen molar-refractivity contribution in [2.45, 2.75) is 38.1 Å². The van der Waals surface area contributed by atoms with Gasteiger partial charge in [-0.1, -0.05) is 13.0 Å². The van der Waals surface area contributed by atoms with Gasteiger partial charge in [0.25, 0.3) is 0 Å². The van der Waals surface area contributed by atoms with Crippen molar-refractivity contribution in [2.75, 3.05) is 5.73 Å². The molecule has 114 valence electrons. The van der Waals surface area contributed by atoms with Gasteiger partial charge >= 0.3 is 0 Å². The lowest BCUT2D eigenvalue weighted by atomic mass is 10.1. The molecule has 1 heterocycles. The second-order valence-corrected chi connectivity index (χ2v) is 7.46. The Labute approximate surface area is 129 Å². The molecule has 7 heteroatoms. The minimum absolute atomic E-state index is 0.241. The molecule has 1 atom stereocenters. The minimum Gasteiger partial charge on any atom is -0.399 e. The van der Waals surface area contributed by atoms with E-state index in [9.17, 15) is 8.42 Å². The number of anilines is 1. The molecule has 5 nitrogen and oxygen atoms in total. The molecule has 2 aromatic rings. The van der Waals surface area contributed by atoms with Crippen molar-refractivity contribution in [3.8, 4) is 0 Å². The Hall–Kier alpha value is -1.44. The van der Waals surface area contributed by atoms with Crippen molar-refractivity contribution in [2.24, 2.45) is 0 Å². The molecule has 0 aliphatic carbocycles. The summed E-state index contributed by atoms with van der Waals surface area (Å²) in [6.07, 6.45) is 0.626. The van der Waals surface area contributed by atoms with Crippen molar-refractivity contribution in [3.63, 3.8) is 0 Å². The summed E-state index contributed by atoms with van der Waals surface area (Å²) in [5.74, 6) is 0. The Morgan fingerprint density at radius 3 is 2.71 bits per heavy atom. The first-order valence-electron chi connectivity index (χ1n) is 6.66. The van der Waals surface area contributed by atoms with Crippen molar-refractivity contribution in [3.05, 3.63) is 39.8 Å². The number of thiazole rings is 1. The summed E-state index contributed by atoms with van der Waals surface area (Å²) in [5.41, 5.74) is 7.79. The van der Waals surface area contributed by atoms with Crippen LogP contribution in [0, 0.1) is 6.92 Å². The molecule has 2 rings (SSSR count). The van der Waals surface area contributed by atoms with Crippen LogP contribution < -0.4 is 10.5 Å². The lowest BCUT2D eigenvalue weighted by Gasteiger charge is -2.15. The lowest BCUT2D eigenvalue weighted by molar-refractivity contribution is 0.565. The highest BCUT2D eigenvalue weighted by molar-refractivity contribution is 7.89. The van der Waals surface area contributed by atoms with Gasteiger partial charge < -0.3 is 5.73 Å². The van der Waals surface area contributed by atoms with E-state index < -0.39 is 10.0 Å². The van der Waals surface area contributed by atoms with E-state index in [1.165, 1.54) is 17.4 Å². The number of aromatic nitrogens is 1. The molecular formula is C14H19N3O2S2. The molecule has 0 fully saturated rings. The van der Waals surface area contributed by atoms with Crippen LogP contribution in [-0.4, -0.2) is 13.4 Å². The van der Waals surface area contributed by atoms with Gasteiger partial charge in [-0.3, -0.25) is 0 Å². The van der Waals surface area contributed by atoms with Gasteiger partial charge in [0.05, 0.1) is 10.9 Å². The summed E-state index contributed by atoms with van der Waals surface area (Å²) in [6.45, 7) is 5.58. The highest BCUT2D eigenvalue weighted by atomic mass is 32.2. The van der Waals surface area contributed by atoms with E-state index in [0.29, 0.717) is 12.1 Å². The monoisotopic (exact) mass is 325 g/mol. The normalized spacial score (nSPS) is 13.3. The number of nitrogens with two attached hydrogens (primary N) is 1. The summed E-state index contributed by atoms with van der Waals surface area (Å²) >= 11 is 1.44.